The Kier molecular flexibility index (Phi) is 2.69. The summed E-state index contributed by atoms with van der Waals surface area (Å²) in [5, 5.41) is 3.55. The first kappa shape index (κ1) is 10.5. The van der Waals surface area contributed by atoms with Crippen LogP contribution < -0.4 is 5.32 Å². The van der Waals surface area contributed by atoms with Crippen molar-refractivity contribution in [3.8, 4) is 0 Å². The van der Waals surface area contributed by atoms with E-state index in [-0.39, 0.29) is 0 Å². The summed E-state index contributed by atoms with van der Waals surface area (Å²) in [5.74, 6) is 0. The largest absolute Gasteiger partial charge is 0.304 e. The van der Waals surface area contributed by atoms with E-state index in [0.717, 1.165) is 6.42 Å². The molecule has 2 atom stereocenters. The molecule has 0 saturated carbocycles. The van der Waals surface area contributed by atoms with Crippen LogP contribution in [0.4, 0.5) is 0 Å². The molecule has 0 radical (unpaired) electrons. The predicted octanol–water partition coefficient (Wildman–Crippen LogP) is 3.25. The summed E-state index contributed by atoms with van der Waals surface area (Å²) in [6.07, 6.45) is 1.12. The maximum atomic E-state index is 3.55. The van der Waals surface area contributed by atoms with Crippen molar-refractivity contribution in [3.63, 3.8) is 0 Å². The van der Waals surface area contributed by atoms with Gasteiger partial charge in [0, 0.05) is 12.1 Å². The molecule has 1 saturated heterocycles. The molecule has 0 aliphatic carbocycles. The van der Waals surface area contributed by atoms with Gasteiger partial charge in [-0.3, -0.25) is 0 Å². The van der Waals surface area contributed by atoms with Crippen molar-refractivity contribution in [1.29, 1.82) is 0 Å². The molecule has 1 aliphatic heterocycles. The van der Waals surface area contributed by atoms with Crippen LogP contribution in [-0.4, -0.2) is 6.04 Å². The summed E-state index contributed by atoms with van der Waals surface area (Å²) in [6.45, 7) is 2.13. The van der Waals surface area contributed by atoms with Crippen molar-refractivity contribution in [3.05, 3.63) is 71.3 Å². The molecule has 2 aromatic rings. The van der Waals surface area contributed by atoms with Gasteiger partial charge in [-0.25, -0.2) is 0 Å². The topological polar surface area (TPSA) is 21.9 Å². The zero-order valence-electron chi connectivity index (χ0n) is 10.1. The molecule has 1 N–H and O–H groups in total. The average molecular weight is 223 g/mol. The summed E-state index contributed by atoms with van der Waals surface area (Å²) in [5.41, 5.74) is 4.16. The van der Waals surface area contributed by atoms with Gasteiger partial charge in [0.1, 0.15) is 0 Å². The monoisotopic (exact) mass is 223 g/mol. The third-order valence-electron chi connectivity index (χ3n) is 3.42. The van der Waals surface area contributed by atoms with E-state index in [1.807, 2.05) is 0 Å². The number of benzene rings is 2. The molecule has 0 bridgehead atoms. The first-order valence-corrected chi connectivity index (χ1v) is 6.19. The van der Waals surface area contributed by atoms with Crippen LogP contribution in [-0.2, 0) is 6.42 Å². The number of rotatable bonds is 3. The smallest absolute Gasteiger partial charge is 0.0482 e. The Hall–Kier alpha value is -1.60. The Bertz CT molecular complexity index is 487. The summed E-state index contributed by atoms with van der Waals surface area (Å²) in [7, 11) is 0. The van der Waals surface area contributed by atoms with E-state index < -0.39 is 0 Å². The Morgan fingerprint density at radius 2 is 1.65 bits per heavy atom. The number of nitrogens with one attached hydrogen (secondary N) is 1. The van der Waals surface area contributed by atoms with Gasteiger partial charge in [0.15, 0.2) is 0 Å². The van der Waals surface area contributed by atoms with E-state index in [0.29, 0.717) is 12.1 Å². The molecule has 1 heterocycles. The fraction of sp³-hybridized carbons (Fsp3) is 0.250. The molecule has 2 aromatic carbocycles. The molecular weight excluding hydrogens is 206 g/mol. The first-order valence-electron chi connectivity index (χ1n) is 6.19. The zero-order valence-corrected chi connectivity index (χ0v) is 10.1. The molecule has 0 spiro atoms. The van der Waals surface area contributed by atoms with Gasteiger partial charge in [-0.1, -0.05) is 60.2 Å². The van der Waals surface area contributed by atoms with E-state index in [2.05, 4.69) is 66.8 Å². The second-order valence-electron chi connectivity index (χ2n) is 4.85. The Labute approximate surface area is 102 Å². The third-order valence-corrected chi connectivity index (χ3v) is 3.42. The van der Waals surface area contributed by atoms with Crippen molar-refractivity contribution in [2.75, 3.05) is 0 Å². The van der Waals surface area contributed by atoms with Crippen LogP contribution in [0, 0.1) is 6.92 Å². The van der Waals surface area contributed by atoms with E-state index >= 15 is 0 Å². The van der Waals surface area contributed by atoms with Crippen LogP contribution in [0.3, 0.4) is 0 Å². The lowest BCUT2D eigenvalue weighted by Crippen LogP contribution is -1.96. The van der Waals surface area contributed by atoms with Gasteiger partial charge >= 0.3 is 0 Å². The molecule has 1 heteroatoms. The number of hydrogen-bond donors (Lipinski definition) is 1. The molecule has 17 heavy (non-hydrogen) atoms. The molecule has 0 amide bonds. The van der Waals surface area contributed by atoms with Gasteiger partial charge in [-0.05, 0) is 24.5 Å². The van der Waals surface area contributed by atoms with Gasteiger partial charge in [-0.15, -0.1) is 0 Å². The molecule has 1 aliphatic rings. The fourth-order valence-corrected chi connectivity index (χ4v) is 2.32. The summed E-state index contributed by atoms with van der Waals surface area (Å²) < 4.78 is 0. The van der Waals surface area contributed by atoms with Crippen LogP contribution in [0.5, 0.6) is 0 Å². The van der Waals surface area contributed by atoms with Gasteiger partial charge in [-0.2, -0.15) is 0 Å². The van der Waals surface area contributed by atoms with Gasteiger partial charge in [0.2, 0.25) is 0 Å². The minimum Gasteiger partial charge on any atom is -0.304 e. The normalized spacial score (nSPS) is 22.4. The van der Waals surface area contributed by atoms with Crippen LogP contribution in [0.1, 0.15) is 22.7 Å². The highest BCUT2D eigenvalue weighted by molar-refractivity contribution is 5.29. The van der Waals surface area contributed by atoms with Gasteiger partial charge in [0.25, 0.3) is 0 Å². The van der Waals surface area contributed by atoms with Crippen LogP contribution >= 0.6 is 0 Å². The minimum absolute atomic E-state index is 0.553. The van der Waals surface area contributed by atoms with Gasteiger partial charge < -0.3 is 5.32 Å². The van der Waals surface area contributed by atoms with Crippen molar-refractivity contribution in [1.82, 2.24) is 5.32 Å². The Morgan fingerprint density at radius 1 is 0.941 bits per heavy atom. The molecule has 3 rings (SSSR count). The van der Waals surface area contributed by atoms with E-state index in [9.17, 15) is 0 Å². The van der Waals surface area contributed by atoms with Crippen LogP contribution in [0.2, 0.25) is 0 Å². The lowest BCUT2D eigenvalue weighted by atomic mass is 10.0. The first-order chi connectivity index (χ1) is 8.33. The maximum Gasteiger partial charge on any atom is 0.0482 e. The molecule has 0 unspecified atom stereocenters. The summed E-state index contributed by atoms with van der Waals surface area (Å²) in [6, 6.07) is 20.7. The highest BCUT2D eigenvalue weighted by Gasteiger charge is 2.36. The summed E-state index contributed by atoms with van der Waals surface area (Å²) in [4.78, 5) is 0. The maximum absolute atomic E-state index is 3.55. The fourth-order valence-electron chi connectivity index (χ4n) is 2.32. The van der Waals surface area contributed by atoms with Crippen molar-refractivity contribution in [2.24, 2.45) is 0 Å². The standard InChI is InChI=1S/C16H17N/c1-12-7-9-13(10-8-12)11-15-16(17-15)14-5-3-2-4-6-14/h2-10,15-17H,11H2,1H3/t15-,16-/m0/s1. The molecule has 86 valence electrons. The lowest BCUT2D eigenvalue weighted by Gasteiger charge is -2.00. The second kappa shape index (κ2) is 4.34. The average Bonchev–Trinajstić information content (AvgIpc) is 3.13. The Morgan fingerprint density at radius 3 is 2.35 bits per heavy atom. The second-order valence-corrected chi connectivity index (χ2v) is 4.85. The SMILES string of the molecule is Cc1ccc(C[C@@H]2N[C@H]2c2ccccc2)cc1. The van der Waals surface area contributed by atoms with Crippen molar-refractivity contribution >= 4 is 0 Å². The van der Waals surface area contributed by atoms with E-state index in [1.165, 1.54) is 16.7 Å². The van der Waals surface area contributed by atoms with E-state index in [4.69, 9.17) is 0 Å². The minimum atomic E-state index is 0.553. The highest BCUT2D eigenvalue weighted by atomic mass is 15.1. The molecule has 1 fully saturated rings. The lowest BCUT2D eigenvalue weighted by molar-refractivity contribution is 0.901. The highest BCUT2D eigenvalue weighted by Crippen LogP contribution is 2.31. The molecule has 1 nitrogen and oxygen atoms in total. The van der Waals surface area contributed by atoms with Crippen molar-refractivity contribution in [2.45, 2.75) is 25.4 Å². The molecule has 0 aromatic heterocycles. The van der Waals surface area contributed by atoms with E-state index in [1.54, 1.807) is 0 Å². The zero-order chi connectivity index (χ0) is 11.7. The number of hydrogen-bond acceptors (Lipinski definition) is 1. The Balaban J connectivity index is 1.64. The van der Waals surface area contributed by atoms with Crippen molar-refractivity contribution < 1.29 is 0 Å². The van der Waals surface area contributed by atoms with Crippen LogP contribution in [0.15, 0.2) is 54.6 Å². The van der Waals surface area contributed by atoms with Gasteiger partial charge in [0.05, 0.1) is 0 Å². The quantitative estimate of drug-likeness (QED) is 0.793. The molecular formula is C16H17N. The predicted molar refractivity (Wildman–Crippen MR) is 71.0 cm³/mol. The van der Waals surface area contributed by atoms with Crippen LogP contribution in [0.25, 0.3) is 0 Å². The third kappa shape index (κ3) is 2.40. The summed E-state index contributed by atoms with van der Waals surface area (Å²) >= 11 is 0. The number of aryl methyl sites for hydroxylation is 1.